The molecule has 1 amide bonds. The van der Waals surface area contributed by atoms with E-state index < -0.39 is 33.2 Å². The molecule has 0 saturated heterocycles. The number of nitrogens with one attached hydrogen (secondary N) is 1. The van der Waals surface area contributed by atoms with Crippen LogP contribution in [0.3, 0.4) is 0 Å². The van der Waals surface area contributed by atoms with Crippen LogP contribution in [0.1, 0.15) is 0 Å². The Labute approximate surface area is 163 Å². The molecule has 0 aliphatic heterocycles. The Morgan fingerprint density at radius 3 is 2.62 bits per heavy atom. The molecule has 2 aromatic heterocycles. The van der Waals surface area contributed by atoms with Crippen molar-refractivity contribution in [3.05, 3.63) is 57.2 Å². The van der Waals surface area contributed by atoms with E-state index in [1.165, 1.54) is 38.4 Å². The van der Waals surface area contributed by atoms with Gasteiger partial charge in [0.1, 0.15) is 17.3 Å². The highest BCUT2D eigenvalue weighted by molar-refractivity contribution is 7.89. The lowest BCUT2D eigenvalue weighted by atomic mass is 10.3. The normalized spacial score (nSPS) is 11.7. The molecule has 29 heavy (non-hydrogen) atoms. The molecular formula is C16H15N5O7S. The number of non-ortho nitro benzene ring substituents is 1. The maximum atomic E-state index is 12.3. The highest BCUT2D eigenvalue weighted by Gasteiger charge is 2.19. The predicted octanol–water partition coefficient (Wildman–Crippen LogP) is 0.787. The van der Waals surface area contributed by atoms with Gasteiger partial charge < -0.3 is 9.73 Å². The molecule has 0 bridgehead atoms. The van der Waals surface area contributed by atoms with Gasteiger partial charge in [0, 0.05) is 26.4 Å². The van der Waals surface area contributed by atoms with Crippen molar-refractivity contribution in [3.63, 3.8) is 0 Å². The van der Waals surface area contributed by atoms with Crippen molar-refractivity contribution in [3.8, 4) is 0 Å². The minimum Gasteiger partial charge on any atom is -0.407 e. The first-order valence-corrected chi connectivity index (χ1v) is 9.50. The summed E-state index contributed by atoms with van der Waals surface area (Å²) in [6, 6.07) is 6.20. The zero-order valence-electron chi connectivity index (χ0n) is 15.2. The van der Waals surface area contributed by atoms with Gasteiger partial charge in [0.15, 0.2) is 5.58 Å². The Kier molecular flexibility index (Phi) is 5.18. The number of fused-ring (bicyclic) bond motifs is 1. The average Bonchev–Trinajstić information content (AvgIpc) is 2.96. The second-order valence-electron chi connectivity index (χ2n) is 6.08. The van der Waals surface area contributed by atoms with Gasteiger partial charge in [-0.05, 0) is 18.2 Å². The first-order chi connectivity index (χ1) is 13.6. The molecule has 3 aromatic rings. The molecule has 1 N–H and O–H groups in total. The van der Waals surface area contributed by atoms with Gasteiger partial charge in [0.2, 0.25) is 15.9 Å². The van der Waals surface area contributed by atoms with Gasteiger partial charge in [0.05, 0.1) is 16.5 Å². The van der Waals surface area contributed by atoms with Gasteiger partial charge in [-0.1, -0.05) is 0 Å². The lowest BCUT2D eigenvalue weighted by molar-refractivity contribution is -0.384. The molecule has 13 heteroatoms. The highest BCUT2D eigenvalue weighted by atomic mass is 32.2. The number of sulfonamides is 1. The van der Waals surface area contributed by atoms with Crippen LogP contribution >= 0.6 is 0 Å². The second kappa shape index (κ2) is 7.44. The summed E-state index contributed by atoms with van der Waals surface area (Å²) in [7, 11) is -0.887. The van der Waals surface area contributed by atoms with Gasteiger partial charge in [-0.25, -0.2) is 22.5 Å². The maximum absolute atomic E-state index is 12.3. The Morgan fingerprint density at radius 1 is 1.31 bits per heavy atom. The standard InChI is InChI=1S/C16H15N5O7S/c1-19(2)29(26,27)11-4-6-14(17-8-11)18-15(22)9-20-12-5-3-10(21(24)25)7-13(12)28-16(20)23/h3-8H,9H2,1-2H3,(H,17,18,22). The lowest BCUT2D eigenvalue weighted by Gasteiger charge is -2.11. The molecule has 0 aliphatic carbocycles. The fourth-order valence-electron chi connectivity index (χ4n) is 2.46. The number of anilines is 1. The van der Waals surface area contributed by atoms with Crippen molar-refractivity contribution in [2.45, 2.75) is 11.4 Å². The smallest absolute Gasteiger partial charge is 0.407 e. The molecule has 2 heterocycles. The number of nitrogens with zero attached hydrogens (tertiary/aromatic N) is 4. The Bertz CT molecular complexity index is 1260. The number of carbonyl (C=O) groups is 1. The zero-order valence-corrected chi connectivity index (χ0v) is 16.0. The van der Waals surface area contributed by atoms with Crippen molar-refractivity contribution in [1.82, 2.24) is 13.9 Å². The fourth-order valence-corrected chi connectivity index (χ4v) is 3.31. The fraction of sp³-hybridized carbons (Fsp3) is 0.188. The van der Waals surface area contributed by atoms with Gasteiger partial charge in [-0.15, -0.1) is 0 Å². The van der Waals surface area contributed by atoms with Crippen LogP contribution in [0.15, 0.2) is 50.6 Å². The number of nitro groups is 1. The van der Waals surface area contributed by atoms with Crippen molar-refractivity contribution in [2.75, 3.05) is 19.4 Å². The molecule has 0 spiro atoms. The summed E-state index contributed by atoms with van der Waals surface area (Å²) in [5.41, 5.74) is -0.0516. The van der Waals surface area contributed by atoms with E-state index in [2.05, 4.69) is 10.3 Å². The van der Waals surface area contributed by atoms with E-state index in [1.807, 2.05) is 0 Å². The van der Waals surface area contributed by atoms with E-state index in [0.29, 0.717) is 0 Å². The first kappa shape index (κ1) is 20.2. The quantitative estimate of drug-likeness (QED) is 0.452. The molecule has 0 aliphatic rings. The number of benzene rings is 1. The number of nitro benzene ring substituents is 1. The maximum Gasteiger partial charge on any atom is 0.420 e. The Balaban J connectivity index is 1.78. The van der Waals surface area contributed by atoms with Gasteiger partial charge >= 0.3 is 5.76 Å². The number of rotatable bonds is 6. The number of pyridine rings is 1. The number of oxazole rings is 1. The van der Waals surface area contributed by atoms with Crippen LogP contribution in [0.5, 0.6) is 0 Å². The zero-order chi connectivity index (χ0) is 21.3. The molecule has 0 unspecified atom stereocenters. The number of amides is 1. The SMILES string of the molecule is CN(C)S(=O)(=O)c1ccc(NC(=O)Cn2c(=O)oc3cc([N+](=O)[O-])ccc32)nc1. The van der Waals surface area contributed by atoms with E-state index in [9.17, 15) is 28.1 Å². The molecule has 0 fully saturated rings. The number of hydrogen-bond acceptors (Lipinski definition) is 8. The third-order valence-corrected chi connectivity index (χ3v) is 5.75. The van der Waals surface area contributed by atoms with Gasteiger partial charge in [-0.3, -0.25) is 19.5 Å². The third-order valence-electron chi connectivity index (χ3n) is 3.95. The van der Waals surface area contributed by atoms with Gasteiger partial charge in [0.25, 0.3) is 5.69 Å². The van der Waals surface area contributed by atoms with E-state index >= 15 is 0 Å². The lowest BCUT2D eigenvalue weighted by Crippen LogP contribution is -2.25. The summed E-state index contributed by atoms with van der Waals surface area (Å²) in [5.74, 6) is -1.39. The van der Waals surface area contributed by atoms with E-state index in [4.69, 9.17) is 4.42 Å². The molecule has 1 aromatic carbocycles. The third kappa shape index (κ3) is 4.00. The number of aromatic nitrogens is 2. The number of hydrogen-bond donors (Lipinski definition) is 1. The Hall–Kier alpha value is -3.58. The molecule has 0 saturated carbocycles. The van der Waals surface area contributed by atoms with Crippen molar-refractivity contribution in [1.29, 1.82) is 0 Å². The van der Waals surface area contributed by atoms with E-state index in [1.54, 1.807) is 0 Å². The molecule has 3 rings (SSSR count). The van der Waals surface area contributed by atoms with Crippen molar-refractivity contribution in [2.24, 2.45) is 0 Å². The molecule has 0 radical (unpaired) electrons. The minimum absolute atomic E-state index is 0.0200. The Morgan fingerprint density at radius 2 is 2.03 bits per heavy atom. The average molecular weight is 421 g/mol. The second-order valence-corrected chi connectivity index (χ2v) is 8.23. The molecule has 152 valence electrons. The van der Waals surface area contributed by atoms with E-state index in [-0.39, 0.29) is 27.5 Å². The predicted molar refractivity (Wildman–Crippen MR) is 101 cm³/mol. The summed E-state index contributed by atoms with van der Waals surface area (Å²) >= 11 is 0. The van der Waals surface area contributed by atoms with Crippen molar-refractivity contribution >= 4 is 38.5 Å². The number of carbonyl (C=O) groups excluding carboxylic acids is 1. The largest absolute Gasteiger partial charge is 0.420 e. The van der Waals surface area contributed by atoms with Gasteiger partial charge in [-0.2, -0.15) is 0 Å². The van der Waals surface area contributed by atoms with Crippen LogP contribution in [0, 0.1) is 10.1 Å². The summed E-state index contributed by atoms with van der Waals surface area (Å²) in [6.45, 7) is -0.428. The summed E-state index contributed by atoms with van der Waals surface area (Å²) < 4.78 is 31.0. The van der Waals surface area contributed by atoms with E-state index in [0.717, 1.165) is 21.1 Å². The van der Waals surface area contributed by atoms with Crippen LogP contribution in [-0.2, 0) is 21.4 Å². The molecule has 0 atom stereocenters. The van der Waals surface area contributed by atoms with Crippen LogP contribution in [0.2, 0.25) is 0 Å². The minimum atomic E-state index is -3.65. The molecule has 12 nitrogen and oxygen atoms in total. The van der Waals surface area contributed by atoms with Crippen LogP contribution in [0.25, 0.3) is 11.1 Å². The molecular weight excluding hydrogens is 406 g/mol. The first-order valence-electron chi connectivity index (χ1n) is 8.06. The van der Waals surface area contributed by atoms with Crippen LogP contribution < -0.4 is 11.1 Å². The topological polar surface area (TPSA) is 158 Å². The monoisotopic (exact) mass is 421 g/mol. The summed E-state index contributed by atoms with van der Waals surface area (Å²) in [5, 5.41) is 13.2. The highest BCUT2D eigenvalue weighted by Crippen LogP contribution is 2.20. The van der Waals surface area contributed by atoms with Crippen LogP contribution in [0.4, 0.5) is 11.5 Å². The summed E-state index contributed by atoms with van der Waals surface area (Å²) in [4.78, 5) is 38.3. The summed E-state index contributed by atoms with van der Waals surface area (Å²) in [6.07, 6.45) is 1.10. The van der Waals surface area contributed by atoms with Crippen molar-refractivity contribution < 1.29 is 22.6 Å². The van der Waals surface area contributed by atoms with Crippen LogP contribution in [-0.4, -0.2) is 47.2 Å².